The number of carbonyl (C=O) groups is 1. The van der Waals surface area contributed by atoms with Gasteiger partial charge in [0, 0.05) is 36.0 Å². The molecule has 0 aliphatic carbocycles. The SMILES string of the molecule is CSc1ccc2nc(N3CCN(C(=O)Cc4ccc(Cl)s4)CC3)sc2c1. The topological polar surface area (TPSA) is 36.4 Å². The number of nitrogens with zero attached hydrogens (tertiary/aromatic N) is 3. The largest absolute Gasteiger partial charge is 0.345 e. The molecule has 0 N–H and O–H groups in total. The quantitative estimate of drug-likeness (QED) is 0.573. The van der Waals surface area contributed by atoms with E-state index in [1.54, 1.807) is 23.1 Å². The van der Waals surface area contributed by atoms with E-state index in [0.29, 0.717) is 6.42 Å². The Bertz CT molecular complexity index is 931. The van der Waals surface area contributed by atoms with E-state index in [-0.39, 0.29) is 5.91 Å². The van der Waals surface area contributed by atoms with Crippen molar-refractivity contribution in [1.29, 1.82) is 0 Å². The summed E-state index contributed by atoms with van der Waals surface area (Å²) < 4.78 is 1.96. The number of thiophene rings is 1. The molecular weight excluding hydrogens is 406 g/mol. The number of hydrogen-bond donors (Lipinski definition) is 0. The van der Waals surface area contributed by atoms with Crippen LogP contribution in [0.4, 0.5) is 5.13 Å². The van der Waals surface area contributed by atoms with Gasteiger partial charge in [-0.15, -0.1) is 23.1 Å². The van der Waals surface area contributed by atoms with Gasteiger partial charge in [0.25, 0.3) is 0 Å². The van der Waals surface area contributed by atoms with Crippen molar-refractivity contribution in [1.82, 2.24) is 9.88 Å². The van der Waals surface area contributed by atoms with Crippen molar-refractivity contribution in [3.05, 3.63) is 39.5 Å². The van der Waals surface area contributed by atoms with Gasteiger partial charge in [0.15, 0.2) is 5.13 Å². The fourth-order valence-electron chi connectivity index (χ4n) is 3.01. The molecule has 26 heavy (non-hydrogen) atoms. The molecule has 0 bridgehead atoms. The lowest BCUT2D eigenvalue weighted by atomic mass is 10.2. The van der Waals surface area contributed by atoms with Gasteiger partial charge in [-0.2, -0.15) is 0 Å². The number of fused-ring (bicyclic) bond motifs is 1. The molecule has 3 aromatic rings. The first-order valence-corrected chi connectivity index (χ1v) is 11.6. The van der Waals surface area contributed by atoms with Crippen LogP contribution < -0.4 is 4.90 Å². The molecule has 0 spiro atoms. The summed E-state index contributed by atoms with van der Waals surface area (Å²) in [6.45, 7) is 3.13. The molecule has 1 aliphatic rings. The van der Waals surface area contributed by atoms with E-state index in [1.807, 2.05) is 17.0 Å². The molecular formula is C18H18ClN3OS3. The van der Waals surface area contributed by atoms with Crippen LogP contribution >= 0.6 is 46.0 Å². The predicted octanol–water partition coefficient (Wildman–Crippen LogP) is 4.62. The number of carbonyl (C=O) groups excluding carboxylic acids is 1. The standard InChI is InChI=1S/C18H18ClN3OS3/c1-24-12-2-4-14-15(10-12)26-18(20-14)22-8-6-21(7-9-22)17(23)11-13-3-5-16(19)25-13/h2-5,10H,6-9,11H2,1H3. The van der Waals surface area contributed by atoms with Gasteiger partial charge in [-0.1, -0.05) is 22.9 Å². The van der Waals surface area contributed by atoms with Crippen LogP contribution in [0.3, 0.4) is 0 Å². The van der Waals surface area contributed by atoms with E-state index in [9.17, 15) is 4.79 Å². The van der Waals surface area contributed by atoms with Gasteiger partial charge in [0.05, 0.1) is 21.0 Å². The summed E-state index contributed by atoms with van der Waals surface area (Å²) >= 11 is 10.9. The van der Waals surface area contributed by atoms with Crippen molar-refractivity contribution in [2.24, 2.45) is 0 Å². The molecule has 1 aliphatic heterocycles. The van der Waals surface area contributed by atoms with Gasteiger partial charge < -0.3 is 9.80 Å². The van der Waals surface area contributed by atoms with Gasteiger partial charge in [-0.3, -0.25) is 4.79 Å². The minimum absolute atomic E-state index is 0.178. The summed E-state index contributed by atoms with van der Waals surface area (Å²) in [5.41, 5.74) is 1.05. The monoisotopic (exact) mass is 423 g/mol. The lowest BCUT2D eigenvalue weighted by Crippen LogP contribution is -2.49. The molecule has 0 radical (unpaired) electrons. The second-order valence-electron chi connectivity index (χ2n) is 6.08. The van der Waals surface area contributed by atoms with Crippen LogP contribution in [0.5, 0.6) is 0 Å². The van der Waals surface area contributed by atoms with E-state index in [1.165, 1.54) is 20.9 Å². The second-order valence-corrected chi connectivity index (χ2v) is 9.77. The Morgan fingerprint density at radius 2 is 2.00 bits per heavy atom. The fourth-order valence-corrected chi connectivity index (χ4v) is 5.66. The third kappa shape index (κ3) is 3.86. The molecule has 0 atom stereocenters. The number of benzene rings is 1. The second kappa shape index (κ2) is 7.76. The smallest absolute Gasteiger partial charge is 0.227 e. The molecule has 1 fully saturated rings. The van der Waals surface area contributed by atoms with Gasteiger partial charge in [0.1, 0.15) is 0 Å². The highest BCUT2D eigenvalue weighted by Gasteiger charge is 2.23. The van der Waals surface area contributed by atoms with Crippen molar-refractivity contribution in [3.8, 4) is 0 Å². The molecule has 4 rings (SSSR count). The molecule has 1 amide bonds. The van der Waals surface area contributed by atoms with E-state index in [0.717, 1.165) is 46.0 Å². The zero-order chi connectivity index (χ0) is 18.1. The first-order valence-electron chi connectivity index (χ1n) is 8.34. The van der Waals surface area contributed by atoms with Crippen molar-refractivity contribution in [2.45, 2.75) is 11.3 Å². The average molecular weight is 424 g/mol. The van der Waals surface area contributed by atoms with Gasteiger partial charge >= 0.3 is 0 Å². The Morgan fingerprint density at radius 1 is 1.19 bits per heavy atom. The number of piperazine rings is 1. The Labute approximate surface area is 169 Å². The van der Waals surface area contributed by atoms with Gasteiger partial charge in [-0.25, -0.2) is 4.98 Å². The molecule has 0 unspecified atom stereocenters. The van der Waals surface area contributed by atoms with Crippen LogP contribution in [0.1, 0.15) is 4.88 Å². The number of thiazole rings is 1. The zero-order valence-corrected chi connectivity index (χ0v) is 17.5. The highest BCUT2D eigenvalue weighted by molar-refractivity contribution is 7.98. The van der Waals surface area contributed by atoms with Crippen LogP contribution in [0.25, 0.3) is 10.2 Å². The maximum atomic E-state index is 12.5. The summed E-state index contributed by atoms with van der Waals surface area (Å²) in [7, 11) is 0. The third-order valence-electron chi connectivity index (χ3n) is 4.44. The van der Waals surface area contributed by atoms with E-state index < -0.39 is 0 Å². The Kier molecular flexibility index (Phi) is 5.40. The van der Waals surface area contributed by atoms with Crippen LogP contribution in [0, 0.1) is 0 Å². The summed E-state index contributed by atoms with van der Waals surface area (Å²) in [5.74, 6) is 0.178. The third-order valence-corrected chi connectivity index (χ3v) is 7.48. The van der Waals surface area contributed by atoms with Crippen molar-refractivity contribution >= 4 is 67.3 Å². The van der Waals surface area contributed by atoms with Gasteiger partial charge in [-0.05, 0) is 36.6 Å². The average Bonchev–Trinajstić information content (AvgIpc) is 3.27. The summed E-state index contributed by atoms with van der Waals surface area (Å²) in [5, 5.41) is 1.05. The molecule has 8 heteroatoms. The fraction of sp³-hybridized carbons (Fsp3) is 0.333. The molecule has 4 nitrogen and oxygen atoms in total. The molecule has 1 saturated heterocycles. The van der Waals surface area contributed by atoms with Crippen LogP contribution in [-0.2, 0) is 11.2 Å². The first kappa shape index (κ1) is 18.1. The van der Waals surface area contributed by atoms with Gasteiger partial charge in [0.2, 0.25) is 5.91 Å². The summed E-state index contributed by atoms with van der Waals surface area (Å²) in [4.78, 5) is 23.8. The zero-order valence-electron chi connectivity index (χ0n) is 14.3. The lowest BCUT2D eigenvalue weighted by Gasteiger charge is -2.34. The normalized spacial score (nSPS) is 15.0. The van der Waals surface area contributed by atoms with Crippen LogP contribution in [0.2, 0.25) is 4.34 Å². The first-order chi connectivity index (χ1) is 12.6. The van der Waals surface area contributed by atoms with E-state index in [4.69, 9.17) is 16.6 Å². The molecule has 1 aromatic carbocycles. The predicted molar refractivity (Wildman–Crippen MR) is 113 cm³/mol. The number of rotatable bonds is 4. The summed E-state index contributed by atoms with van der Waals surface area (Å²) in [6.07, 6.45) is 2.53. The minimum atomic E-state index is 0.178. The van der Waals surface area contributed by atoms with Crippen molar-refractivity contribution < 1.29 is 4.79 Å². The molecule has 3 heterocycles. The Hall–Kier alpha value is -1.28. The Balaban J connectivity index is 1.39. The lowest BCUT2D eigenvalue weighted by molar-refractivity contribution is -0.130. The summed E-state index contributed by atoms with van der Waals surface area (Å²) in [6, 6.07) is 10.2. The number of thioether (sulfide) groups is 1. The number of amides is 1. The maximum absolute atomic E-state index is 12.5. The minimum Gasteiger partial charge on any atom is -0.345 e. The molecule has 136 valence electrons. The highest BCUT2D eigenvalue weighted by Crippen LogP contribution is 2.32. The van der Waals surface area contributed by atoms with Crippen molar-refractivity contribution in [2.75, 3.05) is 37.3 Å². The Morgan fingerprint density at radius 3 is 2.69 bits per heavy atom. The molecule has 0 saturated carbocycles. The molecule has 2 aromatic heterocycles. The van der Waals surface area contributed by atoms with E-state index in [2.05, 4.69) is 29.4 Å². The number of halogens is 1. The number of aromatic nitrogens is 1. The number of anilines is 1. The van der Waals surface area contributed by atoms with Crippen molar-refractivity contribution in [3.63, 3.8) is 0 Å². The maximum Gasteiger partial charge on any atom is 0.227 e. The van der Waals surface area contributed by atoms with E-state index >= 15 is 0 Å². The van der Waals surface area contributed by atoms with Crippen LogP contribution in [0.15, 0.2) is 35.2 Å². The van der Waals surface area contributed by atoms with Crippen LogP contribution in [-0.4, -0.2) is 48.2 Å². The highest BCUT2D eigenvalue weighted by atomic mass is 35.5. The number of hydrogen-bond acceptors (Lipinski definition) is 6.